The lowest BCUT2D eigenvalue weighted by Gasteiger charge is -2.25. The summed E-state index contributed by atoms with van der Waals surface area (Å²) in [5.41, 5.74) is 5.68. The van der Waals surface area contributed by atoms with Crippen LogP contribution in [0.15, 0.2) is 130 Å². The first kappa shape index (κ1) is 28.4. The number of para-hydroxylation sites is 2. The summed E-state index contributed by atoms with van der Waals surface area (Å²) in [6.45, 7) is 4.17. The van der Waals surface area contributed by atoms with Gasteiger partial charge < -0.3 is 9.88 Å². The monoisotopic (exact) mass is 612 g/mol. The highest BCUT2D eigenvalue weighted by atomic mass is 32.1. The topological polar surface area (TPSA) is 68.4 Å². The van der Waals surface area contributed by atoms with Crippen LogP contribution in [0.2, 0.25) is 0 Å². The zero-order chi connectivity index (χ0) is 31.1. The second-order valence-electron chi connectivity index (χ2n) is 11.1. The molecular formula is C37H29FN4O2S. The molecule has 0 saturated carbocycles. The van der Waals surface area contributed by atoms with Gasteiger partial charge in [-0.1, -0.05) is 95.8 Å². The number of hydrogen-bond donors (Lipinski definition) is 1. The second kappa shape index (κ2) is 11.6. The Hall–Kier alpha value is -5.34. The Morgan fingerprint density at radius 3 is 2.42 bits per heavy atom. The Labute approximate surface area is 262 Å². The molecule has 45 heavy (non-hydrogen) atoms. The smallest absolute Gasteiger partial charge is 0.271 e. The predicted molar refractivity (Wildman–Crippen MR) is 177 cm³/mol. The van der Waals surface area contributed by atoms with E-state index >= 15 is 0 Å². The van der Waals surface area contributed by atoms with Crippen molar-refractivity contribution >= 4 is 39.9 Å². The number of nitrogens with one attached hydrogen (secondary N) is 1. The third-order valence-corrected chi connectivity index (χ3v) is 9.08. The second-order valence-corrected chi connectivity index (χ2v) is 12.1. The summed E-state index contributed by atoms with van der Waals surface area (Å²) in [5, 5.41) is 3.94. The number of benzene rings is 4. The van der Waals surface area contributed by atoms with Crippen LogP contribution in [0.5, 0.6) is 0 Å². The third kappa shape index (κ3) is 5.34. The highest BCUT2D eigenvalue weighted by molar-refractivity contribution is 7.07. The molecule has 1 amide bonds. The summed E-state index contributed by atoms with van der Waals surface area (Å²) < 4.78 is 18.7. The molecule has 1 aliphatic rings. The maximum atomic E-state index is 14.5. The Morgan fingerprint density at radius 2 is 1.64 bits per heavy atom. The van der Waals surface area contributed by atoms with E-state index in [9.17, 15) is 14.0 Å². The van der Waals surface area contributed by atoms with Crippen molar-refractivity contribution in [1.82, 2.24) is 9.13 Å². The van der Waals surface area contributed by atoms with Crippen LogP contribution in [0.25, 0.3) is 17.0 Å². The largest absolute Gasteiger partial charge is 0.342 e. The SMILES string of the molecule is CC1=C(C(=O)Nc2ccccc2)[C@@H](c2ccc(C)cc2)n2c(s/c(=C\c3cn(Cc4ccccc4F)c4ccccc34)c2=O)=N1. The molecule has 0 spiro atoms. The van der Waals surface area contributed by atoms with Crippen molar-refractivity contribution < 1.29 is 9.18 Å². The average Bonchev–Trinajstić information content (AvgIpc) is 3.54. The van der Waals surface area contributed by atoms with Crippen LogP contribution in [0.3, 0.4) is 0 Å². The lowest BCUT2D eigenvalue weighted by atomic mass is 9.94. The van der Waals surface area contributed by atoms with E-state index in [2.05, 4.69) is 5.32 Å². The molecule has 222 valence electrons. The zero-order valence-electron chi connectivity index (χ0n) is 24.7. The highest BCUT2D eigenvalue weighted by Gasteiger charge is 2.32. The minimum absolute atomic E-state index is 0.229. The van der Waals surface area contributed by atoms with Gasteiger partial charge in [0, 0.05) is 33.9 Å². The molecule has 8 heteroatoms. The summed E-state index contributed by atoms with van der Waals surface area (Å²) in [5.74, 6) is -0.567. The number of anilines is 1. The third-order valence-electron chi connectivity index (χ3n) is 8.10. The van der Waals surface area contributed by atoms with Crippen LogP contribution in [0.4, 0.5) is 10.1 Å². The van der Waals surface area contributed by atoms with E-state index in [1.54, 1.807) is 16.7 Å². The van der Waals surface area contributed by atoms with E-state index in [0.29, 0.717) is 38.4 Å². The van der Waals surface area contributed by atoms with Crippen molar-refractivity contribution in [3.63, 3.8) is 0 Å². The quantitative estimate of drug-likeness (QED) is 0.239. The van der Waals surface area contributed by atoms with Gasteiger partial charge in [-0.05, 0) is 49.8 Å². The first-order chi connectivity index (χ1) is 21.9. The van der Waals surface area contributed by atoms with Gasteiger partial charge in [-0.2, -0.15) is 0 Å². The number of fused-ring (bicyclic) bond motifs is 2. The van der Waals surface area contributed by atoms with Crippen LogP contribution < -0.4 is 20.2 Å². The molecule has 6 nitrogen and oxygen atoms in total. The number of carbonyl (C=O) groups is 1. The number of halogens is 1. The maximum absolute atomic E-state index is 14.5. The summed E-state index contributed by atoms with van der Waals surface area (Å²) in [7, 11) is 0. The van der Waals surface area contributed by atoms with E-state index in [-0.39, 0.29) is 17.3 Å². The number of thiazole rings is 1. The van der Waals surface area contributed by atoms with Crippen LogP contribution >= 0.6 is 11.3 Å². The number of rotatable bonds is 6. The van der Waals surface area contributed by atoms with Gasteiger partial charge in [-0.15, -0.1) is 0 Å². The number of carbonyl (C=O) groups excluding carboxylic acids is 1. The fraction of sp³-hybridized carbons (Fsp3) is 0.108. The first-order valence-electron chi connectivity index (χ1n) is 14.6. The Balaban J connectivity index is 1.36. The lowest BCUT2D eigenvalue weighted by Crippen LogP contribution is -2.40. The van der Waals surface area contributed by atoms with Gasteiger partial charge in [-0.25, -0.2) is 9.38 Å². The number of allylic oxidation sites excluding steroid dienone is 1. The summed E-state index contributed by atoms with van der Waals surface area (Å²) in [6, 6.07) is 31.1. The minimum Gasteiger partial charge on any atom is -0.342 e. The molecule has 0 fully saturated rings. The van der Waals surface area contributed by atoms with Crippen molar-refractivity contribution in [2.45, 2.75) is 26.4 Å². The molecule has 6 aromatic rings. The Bertz CT molecular complexity index is 2300. The van der Waals surface area contributed by atoms with Gasteiger partial charge in [0.25, 0.3) is 11.5 Å². The number of nitrogens with zero attached hydrogens (tertiary/aromatic N) is 3. The predicted octanol–water partition coefficient (Wildman–Crippen LogP) is 6.32. The van der Waals surface area contributed by atoms with Crippen molar-refractivity contribution in [3.05, 3.63) is 168 Å². The molecule has 0 radical (unpaired) electrons. The molecule has 1 aliphatic heterocycles. The van der Waals surface area contributed by atoms with Crippen molar-refractivity contribution in [3.8, 4) is 0 Å². The van der Waals surface area contributed by atoms with E-state index < -0.39 is 6.04 Å². The fourth-order valence-corrected chi connectivity index (χ4v) is 6.91. The van der Waals surface area contributed by atoms with Gasteiger partial charge in [0.2, 0.25) is 0 Å². The number of aryl methyl sites for hydroxylation is 1. The molecule has 7 rings (SSSR count). The first-order valence-corrected chi connectivity index (χ1v) is 15.5. The maximum Gasteiger partial charge on any atom is 0.271 e. The molecule has 0 bridgehead atoms. The van der Waals surface area contributed by atoms with E-state index in [1.807, 2.05) is 116 Å². The van der Waals surface area contributed by atoms with E-state index in [1.165, 1.54) is 17.4 Å². The molecule has 0 unspecified atom stereocenters. The highest BCUT2D eigenvalue weighted by Crippen LogP contribution is 2.31. The van der Waals surface area contributed by atoms with Crippen LogP contribution in [-0.2, 0) is 11.3 Å². The van der Waals surface area contributed by atoms with Crippen molar-refractivity contribution in [2.24, 2.45) is 4.99 Å². The van der Waals surface area contributed by atoms with Crippen molar-refractivity contribution in [1.29, 1.82) is 0 Å². The summed E-state index contributed by atoms with van der Waals surface area (Å²) in [6.07, 6.45) is 3.83. The molecule has 1 N–H and O–H groups in total. The van der Waals surface area contributed by atoms with Gasteiger partial charge in [-0.3, -0.25) is 14.2 Å². The number of aromatic nitrogens is 2. The molecule has 3 heterocycles. The van der Waals surface area contributed by atoms with Crippen molar-refractivity contribution in [2.75, 3.05) is 5.32 Å². The van der Waals surface area contributed by atoms with Crippen LogP contribution in [0, 0.1) is 12.7 Å². The Kier molecular flexibility index (Phi) is 7.35. The summed E-state index contributed by atoms with van der Waals surface area (Å²) >= 11 is 1.30. The van der Waals surface area contributed by atoms with E-state index in [0.717, 1.165) is 27.6 Å². The van der Waals surface area contributed by atoms with Gasteiger partial charge in [0.1, 0.15) is 5.82 Å². The molecular weight excluding hydrogens is 583 g/mol. The molecule has 0 aliphatic carbocycles. The molecule has 0 saturated heterocycles. The standard InChI is InChI=1S/C37H29FN4O2S/c1-23-16-18-25(19-17-23)34-33(35(43)40-28-11-4-3-5-12-28)24(2)39-37-42(34)36(44)32(45-37)20-27-22-41(31-15-9-7-13-29(27)31)21-26-10-6-8-14-30(26)38/h3-20,22,34H,21H2,1-2H3,(H,40,43)/b32-20-/t34-/m1/s1. The summed E-state index contributed by atoms with van der Waals surface area (Å²) in [4.78, 5) is 33.3. The molecule has 1 atom stereocenters. The zero-order valence-corrected chi connectivity index (χ0v) is 25.5. The Morgan fingerprint density at radius 1 is 0.933 bits per heavy atom. The fourth-order valence-electron chi connectivity index (χ4n) is 5.87. The molecule has 4 aromatic carbocycles. The average molecular weight is 613 g/mol. The van der Waals surface area contributed by atoms with Gasteiger partial charge in [0.05, 0.1) is 28.4 Å². The number of amides is 1. The molecule has 2 aromatic heterocycles. The number of hydrogen-bond acceptors (Lipinski definition) is 4. The van der Waals surface area contributed by atoms with Crippen LogP contribution in [0.1, 0.15) is 35.2 Å². The van der Waals surface area contributed by atoms with Gasteiger partial charge in [0.15, 0.2) is 4.80 Å². The lowest BCUT2D eigenvalue weighted by molar-refractivity contribution is -0.113. The van der Waals surface area contributed by atoms with Gasteiger partial charge >= 0.3 is 0 Å². The van der Waals surface area contributed by atoms with E-state index in [4.69, 9.17) is 4.99 Å². The van der Waals surface area contributed by atoms with Crippen LogP contribution in [-0.4, -0.2) is 15.0 Å². The normalized spacial score (nSPS) is 14.8. The minimum atomic E-state index is -0.657.